The van der Waals surface area contributed by atoms with Crippen LogP contribution < -0.4 is 5.32 Å². The minimum absolute atomic E-state index is 0.156. The fourth-order valence-electron chi connectivity index (χ4n) is 1.41. The SMILES string of the molecule is CC(C#N)C(=O)NCC1CN(C)C1. The highest BCUT2D eigenvalue weighted by Gasteiger charge is 2.23. The Bertz CT molecular complexity index is 228. The summed E-state index contributed by atoms with van der Waals surface area (Å²) >= 11 is 0. The van der Waals surface area contributed by atoms with Crippen LogP contribution in [-0.4, -0.2) is 37.5 Å². The molecule has 1 heterocycles. The van der Waals surface area contributed by atoms with E-state index in [1.54, 1.807) is 6.92 Å². The number of likely N-dealkylation sites (tertiary alicyclic amines) is 1. The second-order valence-corrected chi connectivity index (χ2v) is 3.68. The quantitative estimate of drug-likeness (QED) is 0.657. The molecule has 1 amide bonds. The molecule has 0 aromatic heterocycles. The molecule has 0 aromatic carbocycles. The van der Waals surface area contributed by atoms with E-state index >= 15 is 0 Å². The normalized spacial score (nSPS) is 20.1. The fraction of sp³-hybridized carbons (Fsp3) is 0.778. The van der Waals surface area contributed by atoms with Gasteiger partial charge in [-0.3, -0.25) is 4.79 Å². The molecule has 1 aliphatic heterocycles. The maximum absolute atomic E-state index is 11.2. The molecule has 4 heteroatoms. The number of rotatable bonds is 3. The van der Waals surface area contributed by atoms with Crippen molar-refractivity contribution < 1.29 is 4.79 Å². The number of nitrogens with one attached hydrogen (secondary N) is 1. The van der Waals surface area contributed by atoms with Crippen LogP contribution in [0, 0.1) is 23.2 Å². The summed E-state index contributed by atoms with van der Waals surface area (Å²) < 4.78 is 0. The number of hydrogen-bond donors (Lipinski definition) is 1. The van der Waals surface area contributed by atoms with Gasteiger partial charge in [0.15, 0.2) is 0 Å². The highest BCUT2D eigenvalue weighted by atomic mass is 16.1. The Labute approximate surface area is 78.5 Å². The molecular formula is C9H15N3O. The fourth-order valence-corrected chi connectivity index (χ4v) is 1.41. The van der Waals surface area contributed by atoms with E-state index in [2.05, 4.69) is 17.3 Å². The van der Waals surface area contributed by atoms with Gasteiger partial charge in [-0.15, -0.1) is 0 Å². The summed E-state index contributed by atoms with van der Waals surface area (Å²) in [5.41, 5.74) is 0. The number of amides is 1. The molecule has 0 bridgehead atoms. The largest absolute Gasteiger partial charge is 0.355 e. The molecule has 0 aromatic rings. The molecule has 1 fully saturated rings. The number of carbonyl (C=O) groups excluding carboxylic acids is 1. The third-order valence-corrected chi connectivity index (χ3v) is 2.29. The Balaban J connectivity index is 2.13. The first-order valence-corrected chi connectivity index (χ1v) is 4.49. The first-order valence-electron chi connectivity index (χ1n) is 4.49. The van der Waals surface area contributed by atoms with Gasteiger partial charge in [0.1, 0.15) is 5.92 Å². The smallest absolute Gasteiger partial charge is 0.237 e. The van der Waals surface area contributed by atoms with Crippen molar-refractivity contribution in [2.45, 2.75) is 6.92 Å². The molecule has 0 saturated carbocycles. The summed E-state index contributed by atoms with van der Waals surface area (Å²) in [6.45, 7) is 4.40. The van der Waals surface area contributed by atoms with Crippen LogP contribution in [0.1, 0.15) is 6.92 Å². The van der Waals surface area contributed by atoms with Crippen LogP contribution in [0.3, 0.4) is 0 Å². The minimum atomic E-state index is -0.530. The Morgan fingerprint density at radius 1 is 1.77 bits per heavy atom. The predicted molar refractivity (Wildman–Crippen MR) is 48.8 cm³/mol. The van der Waals surface area contributed by atoms with Crippen molar-refractivity contribution in [2.24, 2.45) is 11.8 Å². The van der Waals surface area contributed by atoms with E-state index in [4.69, 9.17) is 5.26 Å². The average Bonchev–Trinajstić information content (AvgIpc) is 2.08. The Morgan fingerprint density at radius 2 is 2.38 bits per heavy atom. The van der Waals surface area contributed by atoms with Gasteiger partial charge in [0.25, 0.3) is 0 Å². The van der Waals surface area contributed by atoms with Crippen LogP contribution in [0.15, 0.2) is 0 Å². The molecule has 1 aliphatic rings. The summed E-state index contributed by atoms with van der Waals surface area (Å²) in [6, 6.07) is 1.91. The second kappa shape index (κ2) is 4.24. The first-order chi connectivity index (χ1) is 6.13. The molecule has 0 aliphatic carbocycles. The van der Waals surface area contributed by atoms with Crippen LogP contribution >= 0.6 is 0 Å². The van der Waals surface area contributed by atoms with Gasteiger partial charge in [0, 0.05) is 25.6 Å². The third kappa shape index (κ3) is 2.71. The van der Waals surface area contributed by atoms with Crippen LogP contribution in [0.25, 0.3) is 0 Å². The van der Waals surface area contributed by atoms with Gasteiger partial charge < -0.3 is 10.2 Å². The second-order valence-electron chi connectivity index (χ2n) is 3.68. The van der Waals surface area contributed by atoms with Crippen molar-refractivity contribution in [1.29, 1.82) is 5.26 Å². The zero-order valence-corrected chi connectivity index (χ0v) is 8.08. The minimum Gasteiger partial charge on any atom is -0.355 e. The molecule has 1 saturated heterocycles. The van der Waals surface area contributed by atoms with Gasteiger partial charge in [0.2, 0.25) is 5.91 Å². The van der Waals surface area contributed by atoms with E-state index in [-0.39, 0.29) is 5.91 Å². The highest BCUT2D eigenvalue weighted by molar-refractivity contribution is 5.80. The topological polar surface area (TPSA) is 56.1 Å². The Hall–Kier alpha value is -1.08. The molecule has 0 radical (unpaired) electrons. The maximum atomic E-state index is 11.2. The summed E-state index contributed by atoms with van der Waals surface area (Å²) in [5.74, 6) is -0.116. The van der Waals surface area contributed by atoms with Crippen molar-refractivity contribution in [2.75, 3.05) is 26.7 Å². The highest BCUT2D eigenvalue weighted by Crippen LogP contribution is 2.10. The van der Waals surface area contributed by atoms with Gasteiger partial charge in [-0.1, -0.05) is 0 Å². The average molecular weight is 181 g/mol. The van der Waals surface area contributed by atoms with Crippen LogP contribution in [0.5, 0.6) is 0 Å². The lowest BCUT2D eigenvalue weighted by atomic mass is 10.0. The zero-order chi connectivity index (χ0) is 9.84. The first kappa shape index (κ1) is 10.0. The molecular weight excluding hydrogens is 166 g/mol. The van der Waals surface area contributed by atoms with Gasteiger partial charge in [-0.2, -0.15) is 5.26 Å². The van der Waals surface area contributed by atoms with Gasteiger partial charge >= 0.3 is 0 Å². The summed E-state index contributed by atoms with van der Waals surface area (Å²) in [7, 11) is 2.05. The third-order valence-electron chi connectivity index (χ3n) is 2.29. The Kier molecular flexibility index (Phi) is 3.26. The molecule has 0 spiro atoms. The predicted octanol–water partition coefficient (Wildman–Crippen LogP) is -0.176. The molecule has 1 N–H and O–H groups in total. The van der Waals surface area contributed by atoms with Gasteiger partial charge in [-0.25, -0.2) is 0 Å². The molecule has 1 rings (SSSR count). The molecule has 13 heavy (non-hydrogen) atoms. The number of nitriles is 1. The van der Waals surface area contributed by atoms with E-state index in [0.717, 1.165) is 13.1 Å². The Morgan fingerprint density at radius 3 is 2.85 bits per heavy atom. The van der Waals surface area contributed by atoms with Crippen LogP contribution in [0.2, 0.25) is 0 Å². The summed E-state index contributed by atoms with van der Waals surface area (Å²) in [4.78, 5) is 13.4. The van der Waals surface area contributed by atoms with E-state index in [1.165, 1.54) is 0 Å². The van der Waals surface area contributed by atoms with Crippen molar-refractivity contribution in [3.63, 3.8) is 0 Å². The van der Waals surface area contributed by atoms with Crippen molar-refractivity contribution in [3.8, 4) is 6.07 Å². The lowest BCUT2D eigenvalue weighted by molar-refractivity contribution is -0.123. The number of hydrogen-bond acceptors (Lipinski definition) is 3. The monoisotopic (exact) mass is 181 g/mol. The standard InChI is InChI=1S/C9H15N3O/c1-7(3-10)9(13)11-4-8-5-12(2)6-8/h7-8H,4-6H2,1-2H3,(H,11,13). The van der Waals surface area contributed by atoms with Crippen molar-refractivity contribution >= 4 is 5.91 Å². The van der Waals surface area contributed by atoms with E-state index in [1.807, 2.05) is 6.07 Å². The number of nitrogens with zero attached hydrogens (tertiary/aromatic N) is 2. The summed E-state index contributed by atoms with van der Waals surface area (Å²) in [5, 5.41) is 11.2. The summed E-state index contributed by atoms with van der Waals surface area (Å²) in [6.07, 6.45) is 0. The van der Waals surface area contributed by atoms with Crippen LogP contribution in [0.4, 0.5) is 0 Å². The lowest BCUT2D eigenvalue weighted by Crippen LogP contribution is -2.49. The molecule has 72 valence electrons. The van der Waals surface area contributed by atoms with E-state index < -0.39 is 5.92 Å². The molecule has 1 atom stereocenters. The van der Waals surface area contributed by atoms with E-state index in [9.17, 15) is 4.79 Å². The van der Waals surface area contributed by atoms with E-state index in [0.29, 0.717) is 12.5 Å². The van der Waals surface area contributed by atoms with Gasteiger partial charge in [0.05, 0.1) is 6.07 Å². The zero-order valence-electron chi connectivity index (χ0n) is 8.08. The molecule has 4 nitrogen and oxygen atoms in total. The van der Waals surface area contributed by atoms with Crippen LogP contribution in [-0.2, 0) is 4.79 Å². The number of carbonyl (C=O) groups is 1. The maximum Gasteiger partial charge on any atom is 0.237 e. The van der Waals surface area contributed by atoms with Crippen molar-refractivity contribution in [3.05, 3.63) is 0 Å². The molecule has 1 unspecified atom stereocenters. The van der Waals surface area contributed by atoms with Crippen molar-refractivity contribution in [1.82, 2.24) is 10.2 Å². The lowest BCUT2D eigenvalue weighted by Gasteiger charge is -2.36. The van der Waals surface area contributed by atoms with Gasteiger partial charge in [-0.05, 0) is 14.0 Å².